The van der Waals surface area contributed by atoms with Crippen LogP contribution in [0.4, 0.5) is 8.78 Å². The topological polar surface area (TPSA) is 115 Å². The molecule has 2 fully saturated rings. The number of piperidine rings is 1. The third kappa shape index (κ3) is 6.51. The molecular weight excluding hydrogens is 526 g/mol. The fraction of sp³-hybridized carbons (Fsp3) is 0.607. The van der Waals surface area contributed by atoms with Crippen molar-refractivity contribution in [2.24, 2.45) is 5.92 Å². The average molecular weight is 565 g/mol. The number of aryl methyl sites for hydroxylation is 1. The molecule has 2 aliphatic rings. The number of carbonyl (C=O) groups is 1. The lowest BCUT2D eigenvalue weighted by molar-refractivity contribution is -0.150. The molecule has 4 rings (SSSR count). The van der Waals surface area contributed by atoms with Crippen LogP contribution in [0.5, 0.6) is 0 Å². The van der Waals surface area contributed by atoms with E-state index >= 15 is 0 Å². The minimum atomic E-state index is -1.72. The Balaban J connectivity index is 1.67. The number of nitrogens with one attached hydrogen (secondary N) is 1. The summed E-state index contributed by atoms with van der Waals surface area (Å²) in [7, 11) is 3.11. The van der Waals surface area contributed by atoms with Gasteiger partial charge >= 0.3 is 5.69 Å². The van der Waals surface area contributed by atoms with Crippen LogP contribution >= 0.6 is 0 Å². The molecule has 12 heteroatoms. The number of rotatable bonds is 13. The Morgan fingerprint density at radius 1 is 1.12 bits per heavy atom. The van der Waals surface area contributed by atoms with Gasteiger partial charge in [0.05, 0.1) is 18.0 Å². The van der Waals surface area contributed by atoms with Crippen molar-refractivity contribution < 1.29 is 28.2 Å². The Bertz CT molecular complexity index is 1310. The maximum atomic E-state index is 14.1. The van der Waals surface area contributed by atoms with Gasteiger partial charge in [-0.25, -0.2) is 13.6 Å². The quantitative estimate of drug-likeness (QED) is 0.353. The number of ether oxygens (including phenoxy) is 2. The highest BCUT2D eigenvalue weighted by Gasteiger charge is 2.48. The number of carbonyl (C=O) groups excluding carboxylic acids is 1. The zero-order valence-electron chi connectivity index (χ0n) is 23.0. The van der Waals surface area contributed by atoms with Crippen molar-refractivity contribution >= 4 is 5.91 Å². The van der Waals surface area contributed by atoms with Crippen molar-refractivity contribution in [3.05, 3.63) is 68.0 Å². The molecule has 10 nitrogen and oxygen atoms in total. The van der Waals surface area contributed by atoms with E-state index in [1.807, 2.05) is 0 Å². The van der Waals surface area contributed by atoms with Gasteiger partial charge in [-0.3, -0.25) is 18.7 Å². The van der Waals surface area contributed by atoms with E-state index in [9.17, 15) is 28.3 Å². The van der Waals surface area contributed by atoms with E-state index in [4.69, 9.17) is 9.47 Å². The molecule has 2 atom stereocenters. The largest absolute Gasteiger partial charge is 0.385 e. The van der Waals surface area contributed by atoms with Gasteiger partial charge in [-0.15, -0.1) is 0 Å². The van der Waals surface area contributed by atoms with Gasteiger partial charge in [0.2, 0.25) is 5.91 Å². The number of aromatic nitrogens is 2. The maximum absolute atomic E-state index is 14.1. The molecule has 220 valence electrons. The van der Waals surface area contributed by atoms with Gasteiger partial charge in [-0.2, -0.15) is 0 Å². The molecule has 1 saturated heterocycles. The van der Waals surface area contributed by atoms with Crippen molar-refractivity contribution in [2.45, 2.75) is 63.4 Å². The second kappa shape index (κ2) is 13.2. The third-order valence-electron chi connectivity index (χ3n) is 7.72. The molecule has 40 heavy (non-hydrogen) atoms. The van der Waals surface area contributed by atoms with E-state index in [-0.39, 0.29) is 49.1 Å². The zero-order chi connectivity index (χ0) is 28.9. The Kier molecular flexibility index (Phi) is 9.88. The van der Waals surface area contributed by atoms with Crippen LogP contribution in [0, 0.1) is 17.6 Å². The summed E-state index contributed by atoms with van der Waals surface area (Å²) in [5.74, 6) is -3.50. The van der Waals surface area contributed by atoms with Gasteiger partial charge in [0.1, 0.15) is 5.60 Å². The summed E-state index contributed by atoms with van der Waals surface area (Å²) in [5, 5.41) is 14.8. The monoisotopic (exact) mass is 564 g/mol. The van der Waals surface area contributed by atoms with Crippen molar-refractivity contribution in [2.75, 3.05) is 40.5 Å². The van der Waals surface area contributed by atoms with Gasteiger partial charge in [0, 0.05) is 59.3 Å². The highest BCUT2D eigenvalue weighted by molar-refractivity contribution is 5.81. The fourth-order valence-electron chi connectivity index (χ4n) is 5.35. The van der Waals surface area contributed by atoms with Crippen molar-refractivity contribution in [3.8, 4) is 0 Å². The van der Waals surface area contributed by atoms with Gasteiger partial charge in [0.25, 0.3) is 5.56 Å². The number of hydrogen-bond donors (Lipinski definition) is 2. The first-order chi connectivity index (χ1) is 19.2. The third-order valence-corrected chi connectivity index (χ3v) is 7.72. The second-order valence-electron chi connectivity index (χ2n) is 10.5. The van der Waals surface area contributed by atoms with Crippen LogP contribution in [0.1, 0.15) is 43.2 Å². The van der Waals surface area contributed by atoms with Gasteiger partial charge in [-0.1, -0.05) is 6.07 Å². The molecule has 2 heterocycles. The summed E-state index contributed by atoms with van der Waals surface area (Å²) in [6.45, 7) is 1.81. The number of amides is 1. The van der Waals surface area contributed by atoms with Crippen LogP contribution in [-0.2, 0) is 39.5 Å². The van der Waals surface area contributed by atoms with E-state index < -0.39 is 34.4 Å². The molecule has 1 aliphatic carbocycles. The van der Waals surface area contributed by atoms with Crippen LogP contribution in [0.2, 0.25) is 0 Å². The normalized spacial score (nSPS) is 21.0. The summed E-state index contributed by atoms with van der Waals surface area (Å²) >= 11 is 0. The number of methoxy groups -OCH3 is 2. The van der Waals surface area contributed by atoms with Crippen LogP contribution in [-0.4, -0.2) is 71.6 Å². The van der Waals surface area contributed by atoms with Crippen molar-refractivity contribution in [1.82, 2.24) is 19.4 Å². The van der Waals surface area contributed by atoms with Crippen LogP contribution in [0.25, 0.3) is 0 Å². The average Bonchev–Trinajstić information content (AvgIpc) is 3.78. The Morgan fingerprint density at radius 2 is 1.82 bits per heavy atom. The number of hydrogen-bond acceptors (Lipinski definition) is 7. The zero-order valence-corrected chi connectivity index (χ0v) is 23.0. The predicted octanol–water partition coefficient (Wildman–Crippen LogP) is 1.35. The molecule has 1 aromatic carbocycles. The molecule has 2 aromatic rings. The van der Waals surface area contributed by atoms with E-state index in [0.717, 1.165) is 25.0 Å². The lowest BCUT2D eigenvalue weighted by Gasteiger charge is -2.42. The molecule has 1 aliphatic heterocycles. The van der Waals surface area contributed by atoms with Gasteiger partial charge in [-0.05, 0) is 56.3 Å². The molecule has 0 bridgehead atoms. The molecule has 2 N–H and O–H groups in total. The molecule has 1 amide bonds. The maximum Gasteiger partial charge on any atom is 0.330 e. The van der Waals surface area contributed by atoms with Crippen LogP contribution in [0.3, 0.4) is 0 Å². The van der Waals surface area contributed by atoms with Gasteiger partial charge in [0.15, 0.2) is 11.6 Å². The predicted molar refractivity (Wildman–Crippen MR) is 143 cm³/mol. The van der Waals surface area contributed by atoms with Crippen LogP contribution < -0.4 is 16.6 Å². The summed E-state index contributed by atoms with van der Waals surface area (Å²) in [6, 6.07) is 3.07. The van der Waals surface area contributed by atoms with Crippen molar-refractivity contribution in [3.63, 3.8) is 0 Å². The van der Waals surface area contributed by atoms with E-state index in [2.05, 4.69) is 5.32 Å². The minimum Gasteiger partial charge on any atom is -0.385 e. The smallest absolute Gasteiger partial charge is 0.330 e. The first-order valence-electron chi connectivity index (χ1n) is 13.7. The lowest BCUT2D eigenvalue weighted by Crippen LogP contribution is -2.56. The summed E-state index contributed by atoms with van der Waals surface area (Å²) < 4.78 is 40.6. The van der Waals surface area contributed by atoms with Crippen molar-refractivity contribution in [1.29, 1.82) is 0 Å². The highest BCUT2D eigenvalue weighted by atomic mass is 19.2. The lowest BCUT2D eigenvalue weighted by atomic mass is 9.75. The number of halogens is 2. The van der Waals surface area contributed by atoms with E-state index in [0.29, 0.717) is 39.1 Å². The highest BCUT2D eigenvalue weighted by Crippen LogP contribution is 2.39. The summed E-state index contributed by atoms with van der Waals surface area (Å²) in [6.07, 6.45) is 4.15. The van der Waals surface area contributed by atoms with E-state index in [1.54, 1.807) is 19.1 Å². The number of aliphatic hydroxyl groups is 1. The molecule has 0 radical (unpaired) electrons. The standard InChI is InChI=1S/C28H38F2N4O6/c1-39-13-3-11-32-17-19(25(35)33(27(32)37)12-4-14-40-2)18-34(21-6-7-21)26(36)22-16-31-10-9-28(22,38)20-5-8-23(29)24(30)15-20/h5,8,15,17,21-22,31,38H,3-4,6-7,9-14,16,18H2,1-2H3/t22-,28+/m1/s1. The molecule has 1 aromatic heterocycles. The van der Waals surface area contributed by atoms with Gasteiger partial charge < -0.3 is 24.8 Å². The van der Waals surface area contributed by atoms with E-state index in [1.165, 1.54) is 21.4 Å². The second-order valence-corrected chi connectivity index (χ2v) is 10.5. The number of nitrogens with zero attached hydrogens (tertiary/aromatic N) is 3. The molecule has 0 unspecified atom stereocenters. The molecular formula is C28H38F2N4O6. The molecule has 1 saturated carbocycles. The Hall–Kier alpha value is -2.93. The molecule has 0 spiro atoms. The first kappa shape index (κ1) is 30.0. The Labute approximate surface area is 231 Å². The fourth-order valence-corrected chi connectivity index (χ4v) is 5.35. The first-order valence-corrected chi connectivity index (χ1v) is 13.7. The summed E-state index contributed by atoms with van der Waals surface area (Å²) in [4.78, 5) is 42.2. The van der Waals surface area contributed by atoms with Crippen LogP contribution in [0.15, 0.2) is 34.0 Å². The number of benzene rings is 1. The minimum absolute atomic E-state index is 0.0402. The summed E-state index contributed by atoms with van der Waals surface area (Å²) in [5.41, 5.74) is -2.21. The Morgan fingerprint density at radius 3 is 2.48 bits per heavy atom. The SMILES string of the molecule is COCCCn1cc(CN(C(=O)[C@H]2CNCC[C@]2(O)c2ccc(F)c(F)c2)C2CC2)c(=O)n(CCCOC)c1=O.